The Kier molecular flexibility index (Phi) is 6.35. The topological polar surface area (TPSA) is 152 Å². The van der Waals surface area contributed by atoms with Gasteiger partial charge in [0.2, 0.25) is 5.91 Å². The number of hydrogen-bond donors (Lipinski definition) is 4. The second kappa shape index (κ2) is 8.57. The Balaban J connectivity index is 1.87. The molecule has 0 bridgehead atoms. The molecule has 3 heterocycles. The second-order valence-corrected chi connectivity index (χ2v) is 7.66. The summed E-state index contributed by atoms with van der Waals surface area (Å²) in [5.74, 6) is 0.663. The third kappa shape index (κ3) is 3.78. The molecule has 0 saturated carbocycles. The largest absolute Gasteiger partial charge is 0.394 e. The lowest BCUT2D eigenvalue weighted by Crippen LogP contribution is -2.53. The van der Waals surface area contributed by atoms with Crippen LogP contribution in [0.25, 0.3) is 11.2 Å². The Morgan fingerprint density at radius 1 is 1.46 bits per heavy atom. The van der Waals surface area contributed by atoms with E-state index in [4.69, 9.17) is 10.5 Å². The van der Waals surface area contributed by atoms with E-state index in [2.05, 4.69) is 20.3 Å². The third-order valence-corrected chi connectivity index (χ3v) is 5.28. The van der Waals surface area contributed by atoms with Gasteiger partial charge >= 0.3 is 0 Å². The molecule has 1 saturated heterocycles. The maximum atomic E-state index is 12.3. The summed E-state index contributed by atoms with van der Waals surface area (Å²) in [5.41, 5.74) is 6.86. The fourth-order valence-corrected chi connectivity index (χ4v) is 3.70. The molecule has 5 atom stereocenters. The Morgan fingerprint density at radius 2 is 2.21 bits per heavy atom. The highest BCUT2D eigenvalue weighted by molar-refractivity contribution is 7.98. The van der Waals surface area contributed by atoms with Gasteiger partial charge in [-0.25, -0.2) is 15.0 Å². The minimum atomic E-state index is -1.13. The number of nitrogens with two attached hydrogens (primary N) is 1. The molecule has 0 radical (unpaired) electrons. The number of rotatable bonds is 7. The van der Waals surface area contributed by atoms with E-state index in [9.17, 15) is 15.0 Å². The monoisotopic (exact) mass is 411 g/mol. The summed E-state index contributed by atoms with van der Waals surface area (Å²) >= 11 is 1.45. The van der Waals surface area contributed by atoms with E-state index in [0.717, 1.165) is 0 Å². The Morgan fingerprint density at radius 3 is 2.86 bits per heavy atom. The summed E-state index contributed by atoms with van der Waals surface area (Å²) < 4.78 is 7.39. The number of nitrogens with zero attached hydrogens (tertiary/aromatic N) is 5. The zero-order valence-corrected chi connectivity index (χ0v) is 16.7. The third-order valence-electron chi connectivity index (χ3n) is 4.58. The molecule has 0 aliphatic carbocycles. The molecule has 2 aromatic heterocycles. The van der Waals surface area contributed by atoms with Crippen molar-refractivity contribution in [3.8, 4) is 0 Å². The van der Waals surface area contributed by atoms with Gasteiger partial charge in [-0.05, 0) is 6.26 Å². The van der Waals surface area contributed by atoms with E-state index in [0.29, 0.717) is 22.7 Å². The van der Waals surface area contributed by atoms with Crippen molar-refractivity contribution in [2.24, 2.45) is 5.73 Å². The van der Waals surface area contributed by atoms with Crippen molar-refractivity contribution in [3.05, 3.63) is 12.7 Å². The quantitative estimate of drug-likeness (QED) is 0.416. The van der Waals surface area contributed by atoms with Crippen LogP contribution in [0.15, 0.2) is 12.7 Å². The van der Waals surface area contributed by atoms with Gasteiger partial charge in [0.05, 0.1) is 25.0 Å². The van der Waals surface area contributed by atoms with E-state index in [-0.39, 0.29) is 6.61 Å². The van der Waals surface area contributed by atoms with Crippen molar-refractivity contribution in [2.75, 3.05) is 37.6 Å². The summed E-state index contributed by atoms with van der Waals surface area (Å²) in [7, 11) is 3.68. The van der Waals surface area contributed by atoms with Crippen molar-refractivity contribution >= 4 is 34.7 Å². The van der Waals surface area contributed by atoms with Gasteiger partial charge in [0, 0.05) is 19.8 Å². The zero-order chi connectivity index (χ0) is 20.4. The molecule has 0 unspecified atom stereocenters. The van der Waals surface area contributed by atoms with Crippen LogP contribution in [0.2, 0.25) is 0 Å². The smallest absolute Gasteiger partial charge is 0.238 e. The molecule has 1 aliphatic heterocycles. The lowest BCUT2D eigenvalue weighted by molar-refractivity contribution is -0.123. The predicted octanol–water partition coefficient (Wildman–Crippen LogP) is -1.68. The summed E-state index contributed by atoms with van der Waals surface area (Å²) in [5, 5.41) is 23.2. The number of carbonyl (C=O) groups excluding carboxylic acids is 1. The van der Waals surface area contributed by atoms with E-state index >= 15 is 0 Å². The molecule has 5 N–H and O–H groups in total. The highest BCUT2D eigenvalue weighted by Crippen LogP contribution is 2.32. The number of carbonyl (C=O) groups is 1. The van der Waals surface area contributed by atoms with Crippen molar-refractivity contribution in [1.82, 2.24) is 24.8 Å². The SMILES string of the molecule is CSC[C@H](N)C(=O)N[C@H]1[C@@H](O)[C@H](n2cnc3c(N(C)C)ncnc32)O[C@@H]1CO. The van der Waals surface area contributed by atoms with Crippen LogP contribution in [0, 0.1) is 0 Å². The first-order valence-corrected chi connectivity index (χ1v) is 10.1. The number of imidazole rings is 1. The molecule has 0 spiro atoms. The molecule has 3 rings (SSSR count). The molecule has 1 fully saturated rings. The van der Waals surface area contributed by atoms with E-state index in [1.807, 2.05) is 20.4 Å². The predicted molar refractivity (Wildman–Crippen MR) is 105 cm³/mol. The molecule has 1 aliphatic rings. The summed E-state index contributed by atoms with van der Waals surface area (Å²) in [6, 6.07) is -1.53. The van der Waals surface area contributed by atoms with Crippen LogP contribution in [0.4, 0.5) is 5.82 Å². The van der Waals surface area contributed by atoms with Crippen LogP contribution in [-0.2, 0) is 9.53 Å². The van der Waals surface area contributed by atoms with Crippen LogP contribution >= 0.6 is 11.8 Å². The van der Waals surface area contributed by atoms with Gasteiger partial charge < -0.3 is 30.9 Å². The molecule has 12 heteroatoms. The minimum Gasteiger partial charge on any atom is -0.394 e. The van der Waals surface area contributed by atoms with Gasteiger partial charge in [0.25, 0.3) is 0 Å². The fraction of sp³-hybridized carbons (Fsp3) is 0.625. The highest BCUT2D eigenvalue weighted by atomic mass is 32.2. The summed E-state index contributed by atoms with van der Waals surface area (Å²) in [6.07, 6.45) is 1.95. The van der Waals surface area contributed by atoms with Crippen LogP contribution in [0.1, 0.15) is 6.23 Å². The van der Waals surface area contributed by atoms with E-state index in [1.165, 1.54) is 24.4 Å². The molecule has 0 aromatic carbocycles. The van der Waals surface area contributed by atoms with E-state index < -0.39 is 36.4 Å². The lowest BCUT2D eigenvalue weighted by atomic mass is 10.1. The number of hydrogen-bond acceptors (Lipinski definition) is 10. The standard InChI is InChI=1S/C16H25N7O4S/c1-22(2)13-11-14(19-6-18-13)23(7-20-11)16-12(25)10(9(4-24)27-16)21-15(26)8(17)5-28-3/h6-10,12,16,24-25H,4-5,17H2,1-3H3,(H,21,26)/t8-,9+,10+,12+,16+/m0/s1. The van der Waals surface area contributed by atoms with E-state index in [1.54, 1.807) is 9.47 Å². The number of ether oxygens (including phenoxy) is 1. The van der Waals surface area contributed by atoms with Gasteiger partial charge in [0.1, 0.15) is 18.5 Å². The maximum absolute atomic E-state index is 12.3. The van der Waals surface area contributed by atoms with Gasteiger partial charge in [-0.3, -0.25) is 9.36 Å². The fourth-order valence-electron chi connectivity index (χ4n) is 3.19. The van der Waals surface area contributed by atoms with Gasteiger partial charge in [-0.15, -0.1) is 0 Å². The van der Waals surface area contributed by atoms with Crippen LogP contribution in [0.5, 0.6) is 0 Å². The molecule has 2 aromatic rings. The van der Waals surface area contributed by atoms with Crippen molar-refractivity contribution in [2.45, 2.75) is 30.5 Å². The van der Waals surface area contributed by atoms with Gasteiger partial charge in [-0.1, -0.05) is 0 Å². The molecular formula is C16H25N7O4S. The van der Waals surface area contributed by atoms with Crippen LogP contribution in [0.3, 0.4) is 0 Å². The second-order valence-electron chi connectivity index (χ2n) is 6.75. The first kappa shape index (κ1) is 20.7. The molecule has 1 amide bonds. The Hall–Kier alpha value is -1.99. The van der Waals surface area contributed by atoms with Crippen LogP contribution in [-0.4, -0.2) is 92.6 Å². The number of aliphatic hydroxyl groups is 2. The first-order valence-electron chi connectivity index (χ1n) is 8.73. The Bertz CT molecular complexity index is 832. The minimum absolute atomic E-state index is 0.374. The maximum Gasteiger partial charge on any atom is 0.238 e. The van der Waals surface area contributed by atoms with Crippen molar-refractivity contribution in [1.29, 1.82) is 0 Å². The Labute approximate surface area is 166 Å². The normalized spacial score (nSPS) is 25.8. The highest BCUT2D eigenvalue weighted by Gasteiger charge is 2.46. The number of fused-ring (bicyclic) bond motifs is 1. The average Bonchev–Trinajstić information content (AvgIpc) is 3.23. The van der Waals surface area contributed by atoms with Gasteiger partial charge in [-0.2, -0.15) is 11.8 Å². The molecule has 11 nitrogen and oxygen atoms in total. The summed E-state index contributed by atoms with van der Waals surface area (Å²) in [4.78, 5) is 26.9. The van der Waals surface area contributed by atoms with Crippen LogP contribution < -0.4 is 16.0 Å². The molecule has 28 heavy (non-hydrogen) atoms. The summed E-state index contributed by atoms with van der Waals surface area (Å²) in [6.45, 7) is -0.374. The number of amides is 1. The number of anilines is 1. The van der Waals surface area contributed by atoms with Gasteiger partial charge in [0.15, 0.2) is 23.2 Å². The molecule has 154 valence electrons. The number of aliphatic hydroxyl groups excluding tert-OH is 2. The average molecular weight is 411 g/mol. The number of aromatic nitrogens is 4. The first-order chi connectivity index (χ1) is 13.4. The molecular weight excluding hydrogens is 386 g/mol. The van der Waals surface area contributed by atoms with Crippen molar-refractivity contribution < 1.29 is 19.7 Å². The lowest BCUT2D eigenvalue weighted by Gasteiger charge is -2.22. The zero-order valence-electron chi connectivity index (χ0n) is 15.9. The number of thioether (sulfide) groups is 1. The number of nitrogens with one attached hydrogen (secondary N) is 1. The van der Waals surface area contributed by atoms with Crippen molar-refractivity contribution in [3.63, 3.8) is 0 Å².